The summed E-state index contributed by atoms with van der Waals surface area (Å²) in [5.41, 5.74) is 5.66. The molecule has 0 spiro atoms. The van der Waals surface area contributed by atoms with Crippen LogP contribution < -0.4 is 0 Å². The molecule has 0 fully saturated rings. The van der Waals surface area contributed by atoms with Crippen LogP contribution in [0.3, 0.4) is 0 Å². The summed E-state index contributed by atoms with van der Waals surface area (Å²) < 4.78 is 2.95. The molecule has 0 bridgehead atoms. The molecule has 96 valence electrons. The number of halogens is 2. The molecule has 0 amide bonds. The summed E-state index contributed by atoms with van der Waals surface area (Å²) in [5.74, 6) is 0.415. The van der Waals surface area contributed by atoms with Gasteiger partial charge in [-0.1, -0.05) is 54.1 Å². The largest absolute Gasteiger partial charge is 0.0620 e. The summed E-state index contributed by atoms with van der Waals surface area (Å²) in [6.07, 6.45) is 1.08. The lowest BCUT2D eigenvalue weighted by molar-refractivity contribution is 0.942. The molecule has 1 atom stereocenters. The highest BCUT2D eigenvalue weighted by Crippen LogP contribution is 2.45. The average molecular weight is 472 g/mol. The van der Waals surface area contributed by atoms with Crippen molar-refractivity contribution >= 4 is 45.2 Å². The van der Waals surface area contributed by atoms with Crippen LogP contribution >= 0.6 is 45.2 Å². The number of hydrogen-bond acceptors (Lipinski definition) is 0. The summed E-state index contributed by atoms with van der Waals surface area (Å²) in [6.45, 7) is 2.14. The van der Waals surface area contributed by atoms with Crippen LogP contribution in [0.1, 0.15) is 28.2 Å². The fourth-order valence-electron chi connectivity index (χ4n) is 2.61. The molecule has 0 aliphatic heterocycles. The molecule has 1 unspecified atom stereocenters. The Balaban J connectivity index is 2.16. The van der Waals surface area contributed by atoms with Crippen molar-refractivity contribution in [1.82, 2.24) is 0 Å². The second-order valence-corrected chi connectivity index (χ2v) is 7.44. The number of allylic oxidation sites excluding steroid dienone is 2. The molecule has 0 N–H and O–H groups in total. The van der Waals surface area contributed by atoms with E-state index < -0.39 is 0 Å². The zero-order valence-electron chi connectivity index (χ0n) is 10.7. The van der Waals surface area contributed by atoms with E-state index in [1.54, 1.807) is 0 Å². The van der Waals surface area contributed by atoms with E-state index in [0.717, 1.165) is 6.42 Å². The van der Waals surface area contributed by atoms with Gasteiger partial charge in [0, 0.05) is 19.5 Å². The van der Waals surface area contributed by atoms with Crippen molar-refractivity contribution in [2.45, 2.75) is 19.3 Å². The zero-order chi connectivity index (χ0) is 13.4. The van der Waals surface area contributed by atoms with Gasteiger partial charge in [0.05, 0.1) is 0 Å². The van der Waals surface area contributed by atoms with Gasteiger partial charge in [-0.05, 0) is 68.8 Å². The lowest BCUT2D eigenvalue weighted by atomic mass is 9.83. The smallest absolute Gasteiger partial charge is 0.0408 e. The van der Waals surface area contributed by atoms with E-state index in [9.17, 15) is 0 Å². The van der Waals surface area contributed by atoms with E-state index >= 15 is 0 Å². The van der Waals surface area contributed by atoms with Gasteiger partial charge < -0.3 is 0 Å². The minimum Gasteiger partial charge on any atom is -0.0620 e. The fraction of sp³-hybridized carbons (Fsp3) is 0.176. The Morgan fingerprint density at radius 3 is 2.37 bits per heavy atom. The van der Waals surface area contributed by atoms with E-state index in [1.807, 2.05) is 0 Å². The highest BCUT2D eigenvalue weighted by molar-refractivity contribution is 14.1. The first-order chi connectivity index (χ1) is 9.16. The molecular weight excluding hydrogens is 458 g/mol. The Morgan fingerprint density at radius 2 is 1.63 bits per heavy atom. The van der Waals surface area contributed by atoms with Crippen LogP contribution in [-0.4, -0.2) is 0 Å². The second-order valence-electron chi connectivity index (χ2n) is 4.97. The maximum Gasteiger partial charge on any atom is 0.0408 e. The Morgan fingerprint density at radius 1 is 0.947 bits per heavy atom. The lowest BCUT2D eigenvalue weighted by Gasteiger charge is -2.27. The predicted octanol–water partition coefficient (Wildman–Crippen LogP) is 5.76. The minimum atomic E-state index is 0.415. The summed E-state index contributed by atoms with van der Waals surface area (Å²) in [6, 6.07) is 17.8. The topological polar surface area (TPSA) is 0 Å². The van der Waals surface area contributed by atoms with Crippen LogP contribution in [0.4, 0.5) is 0 Å². The molecule has 0 radical (unpaired) electrons. The summed E-state index contributed by atoms with van der Waals surface area (Å²) in [7, 11) is 0. The monoisotopic (exact) mass is 472 g/mol. The molecule has 0 nitrogen and oxygen atoms in total. The highest BCUT2D eigenvalue weighted by Gasteiger charge is 2.26. The Bertz CT molecular complexity index is 639. The van der Waals surface area contributed by atoms with Crippen molar-refractivity contribution in [3.05, 3.63) is 77.9 Å². The summed E-state index contributed by atoms with van der Waals surface area (Å²) in [5, 5.41) is 0. The number of rotatable bonds is 1. The SMILES string of the molecule is Cc1ccc(C2C(I)=C(I)Cc3ccccc32)cc1. The Labute approximate surface area is 141 Å². The molecule has 0 aromatic heterocycles. The van der Waals surface area contributed by atoms with E-state index in [1.165, 1.54) is 29.4 Å². The van der Waals surface area contributed by atoms with Gasteiger partial charge in [0.2, 0.25) is 0 Å². The van der Waals surface area contributed by atoms with Gasteiger partial charge in [-0.15, -0.1) is 0 Å². The van der Waals surface area contributed by atoms with Crippen molar-refractivity contribution in [2.24, 2.45) is 0 Å². The van der Waals surface area contributed by atoms with Crippen molar-refractivity contribution < 1.29 is 0 Å². The predicted molar refractivity (Wildman–Crippen MR) is 98.2 cm³/mol. The molecule has 3 rings (SSSR count). The first kappa shape index (κ1) is 13.6. The Kier molecular flexibility index (Phi) is 3.98. The highest BCUT2D eigenvalue weighted by atomic mass is 127. The van der Waals surface area contributed by atoms with Gasteiger partial charge in [0.25, 0.3) is 0 Å². The van der Waals surface area contributed by atoms with Crippen LogP contribution in [0.2, 0.25) is 0 Å². The zero-order valence-corrected chi connectivity index (χ0v) is 15.0. The maximum absolute atomic E-state index is 2.53. The molecule has 1 aliphatic rings. The van der Waals surface area contributed by atoms with Crippen LogP contribution in [0, 0.1) is 6.92 Å². The van der Waals surface area contributed by atoms with Crippen molar-refractivity contribution in [3.63, 3.8) is 0 Å². The first-order valence-corrected chi connectivity index (χ1v) is 8.51. The van der Waals surface area contributed by atoms with Gasteiger partial charge >= 0.3 is 0 Å². The maximum atomic E-state index is 2.53. The van der Waals surface area contributed by atoms with Gasteiger partial charge in [0.15, 0.2) is 0 Å². The molecular formula is C17H14I2. The minimum absolute atomic E-state index is 0.415. The molecule has 19 heavy (non-hydrogen) atoms. The molecule has 0 saturated carbocycles. The number of hydrogen-bond donors (Lipinski definition) is 0. The van der Waals surface area contributed by atoms with Crippen molar-refractivity contribution in [2.75, 3.05) is 0 Å². The normalized spacial score (nSPS) is 18.4. The van der Waals surface area contributed by atoms with E-state index in [-0.39, 0.29) is 0 Å². The van der Waals surface area contributed by atoms with Crippen molar-refractivity contribution in [3.8, 4) is 0 Å². The number of benzene rings is 2. The summed E-state index contributed by atoms with van der Waals surface area (Å²) >= 11 is 5.03. The molecule has 0 heterocycles. The van der Waals surface area contributed by atoms with Crippen LogP contribution in [-0.2, 0) is 6.42 Å². The number of aryl methyl sites for hydroxylation is 1. The molecule has 2 aromatic carbocycles. The lowest BCUT2D eigenvalue weighted by Crippen LogP contribution is -2.11. The standard InChI is InChI=1S/C17H14I2/c1-11-6-8-12(9-7-11)16-14-5-3-2-4-13(14)10-15(18)17(16)19/h2-9,16H,10H2,1H3. The molecule has 2 heteroatoms. The quantitative estimate of drug-likeness (QED) is 0.463. The number of fused-ring (bicyclic) bond motifs is 1. The molecule has 1 aliphatic carbocycles. The summed E-state index contributed by atoms with van der Waals surface area (Å²) in [4.78, 5) is 0. The second kappa shape index (κ2) is 5.56. The van der Waals surface area contributed by atoms with Gasteiger partial charge in [-0.25, -0.2) is 0 Å². The Hall–Kier alpha value is -0.360. The molecule has 0 saturated heterocycles. The average Bonchev–Trinajstić information content (AvgIpc) is 2.42. The third kappa shape index (κ3) is 2.61. The molecule has 2 aromatic rings. The van der Waals surface area contributed by atoms with E-state index in [2.05, 4.69) is 101 Å². The third-order valence-corrected chi connectivity index (χ3v) is 6.90. The van der Waals surface area contributed by atoms with Crippen molar-refractivity contribution in [1.29, 1.82) is 0 Å². The van der Waals surface area contributed by atoms with Gasteiger partial charge in [-0.2, -0.15) is 0 Å². The van der Waals surface area contributed by atoms with E-state index in [4.69, 9.17) is 0 Å². The third-order valence-electron chi connectivity index (χ3n) is 3.64. The van der Waals surface area contributed by atoms with Crippen LogP contribution in [0.15, 0.2) is 55.7 Å². The van der Waals surface area contributed by atoms with Crippen LogP contribution in [0.25, 0.3) is 0 Å². The van der Waals surface area contributed by atoms with Gasteiger partial charge in [-0.3, -0.25) is 0 Å². The van der Waals surface area contributed by atoms with E-state index in [0.29, 0.717) is 5.92 Å². The fourth-order valence-corrected chi connectivity index (χ4v) is 4.21. The van der Waals surface area contributed by atoms with Crippen LogP contribution in [0.5, 0.6) is 0 Å². The van der Waals surface area contributed by atoms with Gasteiger partial charge in [0.1, 0.15) is 0 Å². The first-order valence-electron chi connectivity index (χ1n) is 6.35.